The first-order chi connectivity index (χ1) is 8.45. The lowest BCUT2D eigenvalue weighted by Crippen LogP contribution is -2.27. The van der Waals surface area contributed by atoms with Crippen LogP contribution in [0.2, 0.25) is 0 Å². The Morgan fingerprint density at radius 3 is 2.67 bits per heavy atom. The molecule has 0 spiro atoms. The fraction of sp³-hybridized carbons (Fsp3) is 0.500. The van der Waals surface area contributed by atoms with E-state index in [1.165, 1.54) is 0 Å². The molecule has 6 heteroatoms. The lowest BCUT2D eigenvalue weighted by Gasteiger charge is -2.10. The van der Waals surface area contributed by atoms with E-state index in [0.717, 1.165) is 18.5 Å². The van der Waals surface area contributed by atoms with E-state index in [2.05, 4.69) is 4.72 Å². The third kappa shape index (κ3) is 4.73. The molecule has 3 N–H and O–H groups in total. The maximum atomic E-state index is 12.0. The molecule has 0 saturated heterocycles. The first-order valence-corrected chi connectivity index (χ1v) is 7.37. The Kier molecular flexibility index (Phi) is 5.74. The summed E-state index contributed by atoms with van der Waals surface area (Å²) in [5.41, 5.74) is 6.31. The lowest BCUT2D eigenvalue weighted by atomic mass is 10.2. The van der Waals surface area contributed by atoms with Crippen LogP contribution < -0.4 is 10.5 Å². The number of nitrogens with two attached hydrogens (primary N) is 1. The van der Waals surface area contributed by atoms with Gasteiger partial charge in [-0.1, -0.05) is 12.1 Å². The highest BCUT2D eigenvalue weighted by molar-refractivity contribution is 7.89. The molecule has 18 heavy (non-hydrogen) atoms. The second-order valence-corrected chi connectivity index (χ2v) is 6.17. The molecular weight excluding hydrogens is 250 g/mol. The molecule has 1 rings (SSSR count). The third-order valence-corrected chi connectivity index (χ3v) is 3.98. The van der Waals surface area contributed by atoms with Gasteiger partial charge in [-0.05, 0) is 44.8 Å². The van der Waals surface area contributed by atoms with Crippen LogP contribution in [0.5, 0.6) is 0 Å². The van der Waals surface area contributed by atoms with Gasteiger partial charge in [-0.25, -0.2) is 13.1 Å². The quantitative estimate of drug-likeness (QED) is 0.703. The highest BCUT2D eigenvalue weighted by Gasteiger charge is 2.13. The van der Waals surface area contributed by atoms with Crippen molar-refractivity contribution in [3.63, 3.8) is 0 Å². The molecule has 1 aromatic rings. The minimum absolute atomic E-state index is 0.273. The number of nitrogens with zero attached hydrogens (tertiary/aromatic N) is 1. The van der Waals surface area contributed by atoms with Gasteiger partial charge in [-0.15, -0.1) is 0 Å². The SMILES string of the molecule is CN(C)CCCNS(=O)(=O)c1cccc(CN)c1. The summed E-state index contributed by atoms with van der Waals surface area (Å²) in [6, 6.07) is 6.70. The maximum absolute atomic E-state index is 12.0. The highest BCUT2D eigenvalue weighted by Crippen LogP contribution is 2.10. The molecule has 0 bridgehead atoms. The largest absolute Gasteiger partial charge is 0.326 e. The van der Waals surface area contributed by atoms with E-state index in [9.17, 15) is 8.42 Å². The van der Waals surface area contributed by atoms with Crippen LogP contribution in [0.3, 0.4) is 0 Å². The standard InChI is InChI=1S/C12H21N3O2S/c1-15(2)8-4-7-14-18(16,17)12-6-3-5-11(9-12)10-13/h3,5-6,9,14H,4,7-8,10,13H2,1-2H3. The predicted molar refractivity (Wildman–Crippen MR) is 72.7 cm³/mol. The number of benzene rings is 1. The normalized spacial score (nSPS) is 12.0. The average Bonchev–Trinajstić information content (AvgIpc) is 2.34. The summed E-state index contributed by atoms with van der Waals surface area (Å²) in [7, 11) is 0.500. The van der Waals surface area contributed by atoms with E-state index in [1.807, 2.05) is 25.1 Å². The molecular formula is C12H21N3O2S. The van der Waals surface area contributed by atoms with Crippen LogP contribution in [-0.2, 0) is 16.6 Å². The Morgan fingerprint density at radius 2 is 2.06 bits per heavy atom. The van der Waals surface area contributed by atoms with E-state index >= 15 is 0 Å². The van der Waals surface area contributed by atoms with E-state index in [0.29, 0.717) is 13.1 Å². The summed E-state index contributed by atoms with van der Waals surface area (Å²) in [5.74, 6) is 0. The van der Waals surface area contributed by atoms with Crippen molar-refractivity contribution in [2.24, 2.45) is 5.73 Å². The second-order valence-electron chi connectivity index (χ2n) is 4.41. The molecule has 102 valence electrons. The number of hydrogen-bond acceptors (Lipinski definition) is 4. The molecule has 0 aliphatic heterocycles. The Hall–Kier alpha value is -0.950. The topological polar surface area (TPSA) is 75.4 Å². The van der Waals surface area contributed by atoms with Crippen molar-refractivity contribution in [3.8, 4) is 0 Å². The molecule has 0 fully saturated rings. The van der Waals surface area contributed by atoms with Gasteiger partial charge in [0, 0.05) is 13.1 Å². The molecule has 0 radical (unpaired) electrons. The highest BCUT2D eigenvalue weighted by atomic mass is 32.2. The van der Waals surface area contributed by atoms with Gasteiger partial charge < -0.3 is 10.6 Å². The number of nitrogens with one attached hydrogen (secondary N) is 1. The van der Waals surface area contributed by atoms with Gasteiger partial charge in [0.25, 0.3) is 0 Å². The molecule has 0 atom stereocenters. The van der Waals surface area contributed by atoms with E-state index in [-0.39, 0.29) is 4.90 Å². The summed E-state index contributed by atoms with van der Waals surface area (Å²) in [5, 5.41) is 0. The number of rotatable bonds is 7. The minimum atomic E-state index is -3.41. The molecule has 0 unspecified atom stereocenters. The Balaban J connectivity index is 2.62. The van der Waals surface area contributed by atoms with Gasteiger partial charge in [0.15, 0.2) is 0 Å². The van der Waals surface area contributed by atoms with Crippen molar-refractivity contribution < 1.29 is 8.42 Å². The van der Waals surface area contributed by atoms with Gasteiger partial charge in [0.2, 0.25) is 10.0 Å². The zero-order valence-electron chi connectivity index (χ0n) is 10.9. The second kappa shape index (κ2) is 6.84. The summed E-state index contributed by atoms with van der Waals surface area (Å²) < 4.78 is 26.5. The van der Waals surface area contributed by atoms with Crippen LogP contribution in [0.15, 0.2) is 29.2 Å². The van der Waals surface area contributed by atoms with Gasteiger partial charge in [-0.2, -0.15) is 0 Å². The molecule has 0 aromatic heterocycles. The fourth-order valence-electron chi connectivity index (χ4n) is 1.52. The van der Waals surface area contributed by atoms with Crippen LogP contribution in [0.4, 0.5) is 0 Å². The summed E-state index contributed by atoms with van der Waals surface area (Å²) in [6.45, 7) is 1.63. The van der Waals surface area contributed by atoms with Crippen LogP contribution in [0.25, 0.3) is 0 Å². The van der Waals surface area contributed by atoms with Crippen molar-refractivity contribution in [3.05, 3.63) is 29.8 Å². The molecule has 0 aliphatic carbocycles. The van der Waals surface area contributed by atoms with Gasteiger partial charge in [0.05, 0.1) is 4.90 Å². The first kappa shape index (κ1) is 15.1. The predicted octanol–water partition coefficient (Wildman–Crippen LogP) is 0.375. The lowest BCUT2D eigenvalue weighted by molar-refractivity contribution is 0.400. The molecule has 0 amide bonds. The molecule has 0 heterocycles. The van der Waals surface area contributed by atoms with Gasteiger partial charge >= 0.3 is 0 Å². The summed E-state index contributed by atoms with van der Waals surface area (Å²) in [4.78, 5) is 2.29. The number of sulfonamides is 1. The van der Waals surface area contributed by atoms with Gasteiger partial charge in [-0.3, -0.25) is 0 Å². The summed E-state index contributed by atoms with van der Waals surface area (Å²) >= 11 is 0. The van der Waals surface area contributed by atoms with Crippen molar-refractivity contribution in [2.75, 3.05) is 27.2 Å². The number of hydrogen-bond donors (Lipinski definition) is 2. The van der Waals surface area contributed by atoms with Crippen molar-refractivity contribution in [2.45, 2.75) is 17.9 Å². The molecule has 5 nitrogen and oxygen atoms in total. The van der Waals surface area contributed by atoms with E-state index in [4.69, 9.17) is 5.73 Å². The monoisotopic (exact) mass is 271 g/mol. The van der Waals surface area contributed by atoms with Crippen molar-refractivity contribution >= 4 is 10.0 Å². The molecule has 0 aliphatic rings. The van der Waals surface area contributed by atoms with E-state index in [1.54, 1.807) is 18.2 Å². The Bertz CT molecular complexity index is 472. The maximum Gasteiger partial charge on any atom is 0.240 e. The molecule has 1 aromatic carbocycles. The van der Waals surface area contributed by atoms with Crippen molar-refractivity contribution in [1.29, 1.82) is 0 Å². The average molecular weight is 271 g/mol. The minimum Gasteiger partial charge on any atom is -0.326 e. The van der Waals surface area contributed by atoms with E-state index < -0.39 is 10.0 Å². The van der Waals surface area contributed by atoms with Crippen LogP contribution in [0.1, 0.15) is 12.0 Å². The zero-order valence-corrected chi connectivity index (χ0v) is 11.7. The first-order valence-electron chi connectivity index (χ1n) is 5.89. The van der Waals surface area contributed by atoms with Crippen LogP contribution in [-0.4, -0.2) is 40.5 Å². The zero-order chi connectivity index (χ0) is 13.6. The molecule has 0 saturated carbocycles. The summed E-state index contributed by atoms with van der Waals surface area (Å²) in [6.07, 6.45) is 0.781. The van der Waals surface area contributed by atoms with Crippen molar-refractivity contribution in [1.82, 2.24) is 9.62 Å². The van der Waals surface area contributed by atoms with Crippen LogP contribution >= 0.6 is 0 Å². The Morgan fingerprint density at radius 1 is 1.33 bits per heavy atom. The van der Waals surface area contributed by atoms with Crippen LogP contribution in [0, 0.1) is 0 Å². The fourth-order valence-corrected chi connectivity index (χ4v) is 2.67. The van der Waals surface area contributed by atoms with Gasteiger partial charge in [0.1, 0.15) is 0 Å². The smallest absolute Gasteiger partial charge is 0.240 e. The third-order valence-electron chi connectivity index (χ3n) is 2.52. The Labute approximate surface area is 109 Å².